The Hall–Kier alpha value is -2.86. The molecule has 2 heterocycles. The van der Waals surface area contributed by atoms with Crippen LogP contribution in [0.1, 0.15) is 17.0 Å². The lowest BCUT2D eigenvalue weighted by Gasteiger charge is -2.20. The molecule has 0 radical (unpaired) electrons. The molecule has 0 aliphatic carbocycles. The lowest BCUT2D eigenvalue weighted by molar-refractivity contribution is 0.171. The van der Waals surface area contributed by atoms with Crippen molar-refractivity contribution in [2.24, 2.45) is 0 Å². The van der Waals surface area contributed by atoms with Crippen LogP contribution in [-0.4, -0.2) is 35.4 Å². The van der Waals surface area contributed by atoms with Crippen molar-refractivity contribution in [1.82, 2.24) is 15.1 Å². The zero-order valence-electron chi connectivity index (χ0n) is 14.9. The molecule has 0 fully saturated rings. The van der Waals surface area contributed by atoms with E-state index in [9.17, 15) is 0 Å². The van der Waals surface area contributed by atoms with E-state index < -0.39 is 0 Å². The molecule has 0 saturated carbocycles. The summed E-state index contributed by atoms with van der Waals surface area (Å²) in [4.78, 5) is 2.12. The summed E-state index contributed by atoms with van der Waals surface area (Å²) in [5, 5.41) is 8.32. The maximum Gasteiger partial charge on any atom is 0.247 e. The lowest BCUT2D eigenvalue weighted by Crippen LogP contribution is -2.18. The molecule has 0 bridgehead atoms. The monoisotopic (exact) mass is 351 g/mol. The largest absolute Gasteiger partial charge is 0.486 e. The van der Waals surface area contributed by atoms with E-state index >= 15 is 0 Å². The van der Waals surface area contributed by atoms with Crippen molar-refractivity contribution in [3.8, 4) is 23.0 Å². The minimum Gasteiger partial charge on any atom is -0.486 e. The van der Waals surface area contributed by atoms with Crippen molar-refractivity contribution < 1.29 is 13.9 Å². The molecule has 3 aromatic rings. The van der Waals surface area contributed by atoms with Crippen molar-refractivity contribution in [2.45, 2.75) is 20.0 Å². The first-order valence-electron chi connectivity index (χ1n) is 8.64. The normalized spacial score (nSPS) is 13.2. The molecule has 6 nitrogen and oxygen atoms in total. The van der Waals surface area contributed by atoms with Gasteiger partial charge in [-0.25, -0.2) is 0 Å². The van der Waals surface area contributed by atoms with Gasteiger partial charge >= 0.3 is 0 Å². The van der Waals surface area contributed by atoms with Gasteiger partial charge in [0, 0.05) is 12.1 Å². The van der Waals surface area contributed by atoms with Gasteiger partial charge in [0.1, 0.15) is 13.2 Å². The maximum absolute atomic E-state index is 5.80. The molecule has 0 spiro atoms. The standard InChI is InChI=1S/C20H21N3O3/c1-14-3-6-16(7-4-14)20-22-21-19(26-20)13-23(2)12-15-5-8-17-18(11-15)25-10-9-24-17/h3-8,11H,9-10,12-13H2,1-2H3. The summed E-state index contributed by atoms with van der Waals surface area (Å²) in [7, 11) is 2.02. The van der Waals surface area contributed by atoms with Crippen molar-refractivity contribution in [2.75, 3.05) is 20.3 Å². The smallest absolute Gasteiger partial charge is 0.247 e. The molecular weight excluding hydrogens is 330 g/mol. The Labute approximate surface area is 152 Å². The molecule has 0 amide bonds. The van der Waals surface area contributed by atoms with Gasteiger partial charge in [-0.1, -0.05) is 23.8 Å². The van der Waals surface area contributed by atoms with Gasteiger partial charge in [0.25, 0.3) is 0 Å². The fraction of sp³-hybridized carbons (Fsp3) is 0.300. The lowest BCUT2D eigenvalue weighted by atomic mass is 10.1. The Kier molecular flexibility index (Phi) is 4.58. The van der Waals surface area contributed by atoms with Crippen LogP contribution in [0.3, 0.4) is 0 Å². The van der Waals surface area contributed by atoms with E-state index in [1.165, 1.54) is 5.56 Å². The summed E-state index contributed by atoms with van der Waals surface area (Å²) in [6.07, 6.45) is 0. The first kappa shape index (κ1) is 16.6. The number of ether oxygens (including phenoxy) is 2. The number of benzene rings is 2. The number of aromatic nitrogens is 2. The zero-order valence-corrected chi connectivity index (χ0v) is 14.9. The van der Waals surface area contributed by atoms with Gasteiger partial charge in [0.2, 0.25) is 11.8 Å². The summed E-state index contributed by atoms with van der Waals surface area (Å²) in [5.74, 6) is 2.76. The molecule has 26 heavy (non-hydrogen) atoms. The highest BCUT2D eigenvalue weighted by atomic mass is 16.6. The summed E-state index contributed by atoms with van der Waals surface area (Å²) in [5.41, 5.74) is 3.28. The highest BCUT2D eigenvalue weighted by Crippen LogP contribution is 2.31. The number of nitrogens with zero attached hydrogens (tertiary/aromatic N) is 3. The minimum absolute atomic E-state index is 0.549. The second-order valence-corrected chi connectivity index (χ2v) is 6.52. The Balaban J connectivity index is 1.40. The number of aryl methyl sites for hydroxylation is 1. The SMILES string of the molecule is Cc1ccc(-c2nnc(CN(C)Cc3ccc4c(c3)OCCO4)o2)cc1. The fourth-order valence-electron chi connectivity index (χ4n) is 2.91. The first-order chi connectivity index (χ1) is 12.7. The van der Waals surface area contributed by atoms with Gasteiger partial charge in [-0.3, -0.25) is 4.90 Å². The summed E-state index contributed by atoms with van der Waals surface area (Å²) >= 11 is 0. The molecule has 134 valence electrons. The van der Waals surface area contributed by atoms with Crippen molar-refractivity contribution in [3.05, 3.63) is 59.5 Å². The zero-order chi connectivity index (χ0) is 17.9. The number of hydrogen-bond acceptors (Lipinski definition) is 6. The molecule has 0 atom stereocenters. The van der Waals surface area contributed by atoms with E-state index in [4.69, 9.17) is 13.9 Å². The van der Waals surface area contributed by atoms with Crippen molar-refractivity contribution in [3.63, 3.8) is 0 Å². The molecule has 4 rings (SSSR count). The Morgan fingerprint density at radius 1 is 0.923 bits per heavy atom. The summed E-state index contributed by atoms with van der Waals surface area (Å²) < 4.78 is 17.0. The third-order valence-corrected chi connectivity index (χ3v) is 4.23. The van der Waals surface area contributed by atoms with E-state index in [-0.39, 0.29) is 0 Å². The predicted molar refractivity (Wildman–Crippen MR) is 97.1 cm³/mol. The van der Waals surface area contributed by atoms with Gasteiger partial charge in [-0.05, 0) is 43.8 Å². The van der Waals surface area contributed by atoms with Crippen molar-refractivity contribution in [1.29, 1.82) is 0 Å². The molecule has 0 saturated heterocycles. The molecule has 0 N–H and O–H groups in total. The number of rotatable bonds is 5. The Morgan fingerprint density at radius 2 is 1.69 bits per heavy atom. The second-order valence-electron chi connectivity index (χ2n) is 6.52. The highest BCUT2D eigenvalue weighted by Gasteiger charge is 2.14. The van der Waals surface area contributed by atoms with Crippen LogP contribution in [0, 0.1) is 6.92 Å². The quantitative estimate of drug-likeness (QED) is 0.702. The average molecular weight is 351 g/mol. The molecule has 1 aromatic heterocycles. The van der Waals surface area contributed by atoms with Crippen molar-refractivity contribution >= 4 is 0 Å². The minimum atomic E-state index is 0.549. The second kappa shape index (κ2) is 7.17. The van der Waals surface area contributed by atoms with E-state index in [1.807, 2.05) is 43.4 Å². The Bertz CT molecular complexity index is 890. The Morgan fingerprint density at radius 3 is 2.50 bits per heavy atom. The maximum atomic E-state index is 5.80. The highest BCUT2D eigenvalue weighted by molar-refractivity contribution is 5.52. The molecule has 6 heteroatoms. The summed E-state index contributed by atoms with van der Waals surface area (Å²) in [6.45, 7) is 4.57. The summed E-state index contributed by atoms with van der Waals surface area (Å²) in [6, 6.07) is 14.1. The van der Waals surface area contributed by atoms with Gasteiger partial charge in [-0.15, -0.1) is 10.2 Å². The van der Waals surface area contributed by atoms with Gasteiger partial charge in [0.05, 0.1) is 6.54 Å². The van der Waals surface area contributed by atoms with Crippen LogP contribution in [0.4, 0.5) is 0 Å². The molecule has 2 aromatic carbocycles. The predicted octanol–water partition coefficient (Wildman–Crippen LogP) is 3.45. The molecule has 1 aliphatic rings. The molecule has 0 unspecified atom stereocenters. The van der Waals surface area contributed by atoms with Crippen LogP contribution in [0.2, 0.25) is 0 Å². The van der Waals surface area contributed by atoms with Crippen LogP contribution in [0.5, 0.6) is 11.5 Å². The topological polar surface area (TPSA) is 60.6 Å². The van der Waals surface area contributed by atoms with Gasteiger partial charge in [0.15, 0.2) is 11.5 Å². The van der Waals surface area contributed by atoms with Gasteiger partial charge < -0.3 is 13.9 Å². The van der Waals surface area contributed by atoms with Crippen LogP contribution in [0.15, 0.2) is 46.9 Å². The third kappa shape index (κ3) is 3.70. The van der Waals surface area contributed by atoms with Crippen LogP contribution < -0.4 is 9.47 Å². The molecule has 1 aliphatic heterocycles. The molecular formula is C20H21N3O3. The van der Waals surface area contributed by atoms with Gasteiger partial charge in [-0.2, -0.15) is 0 Å². The fourth-order valence-corrected chi connectivity index (χ4v) is 2.91. The number of hydrogen-bond donors (Lipinski definition) is 0. The number of fused-ring (bicyclic) bond motifs is 1. The van der Waals surface area contributed by atoms with Crippen LogP contribution >= 0.6 is 0 Å². The average Bonchev–Trinajstić information content (AvgIpc) is 3.10. The van der Waals surface area contributed by atoms with Crippen LogP contribution in [0.25, 0.3) is 11.5 Å². The van der Waals surface area contributed by atoms with E-state index in [0.717, 1.165) is 29.2 Å². The van der Waals surface area contributed by atoms with Crippen LogP contribution in [-0.2, 0) is 13.1 Å². The van der Waals surface area contributed by atoms with E-state index in [2.05, 4.69) is 28.1 Å². The third-order valence-electron chi connectivity index (χ3n) is 4.23. The van der Waals surface area contributed by atoms with E-state index in [1.54, 1.807) is 0 Å². The van der Waals surface area contributed by atoms with E-state index in [0.29, 0.717) is 31.5 Å². The first-order valence-corrected chi connectivity index (χ1v) is 8.64.